The number of carbonyl (C=O) groups is 3. The van der Waals surface area contributed by atoms with Gasteiger partial charge in [-0.1, -0.05) is 50.6 Å². The van der Waals surface area contributed by atoms with Crippen molar-refractivity contribution >= 4 is 17.9 Å². The first-order valence-electron chi connectivity index (χ1n) is 12.2. The quantitative estimate of drug-likeness (QED) is 0.599. The summed E-state index contributed by atoms with van der Waals surface area (Å²) in [6.45, 7) is 18.9. The molecule has 2 rings (SSSR count). The van der Waals surface area contributed by atoms with Crippen LogP contribution >= 0.6 is 0 Å². The first-order chi connectivity index (χ1) is 15.5. The molecule has 1 aliphatic carbocycles. The molecule has 1 aromatic carbocycles. The number of alkyl carbamates (subject to hydrolysis) is 1. The fraction of sp³-hybridized carbons (Fsp3) is 0.667. The van der Waals surface area contributed by atoms with Crippen LogP contribution in [0, 0.1) is 18.8 Å². The zero-order chi connectivity index (χ0) is 26.0. The van der Waals surface area contributed by atoms with Gasteiger partial charge in [0.2, 0.25) is 11.8 Å². The molecule has 2 N–H and O–H groups in total. The Hall–Kier alpha value is -2.57. The minimum Gasteiger partial charge on any atom is -0.444 e. The van der Waals surface area contributed by atoms with Crippen molar-refractivity contribution in [3.8, 4) is 0 Å². The average molecular weight is 474 g/mol. The molecular formula is C27H43N3O4. The standard InChI is InChI=1S/C27H43N3O4/c1-16(2)21(28-25(33)34-27(8,9)10)24(32)30(20-15-18(20)4)22(23(31)29-26(5,6)7)19-13-11-12-17(3)14-19/h11-14,16,18,20-22H,15H2,1-10H3,(H,28,33)(H,29,31). The highest BCUT2D eigenvalue weighted by Gasteiger charge is 2.49. The smallest absolute Gasteiger partial charge is 0.408 e. The van der Waals surface area contributed by atoms with Crippen molar-refractivity contribution in [3.05, 3.63) is 35.4 Å². The predicted molar refractivity (Wildman–Crippen MR) is 134 cm³/mol. The van der Waals surface area contributed by atoms with Crippen LogP contribution in [0.2, 0.25) is 0 Å². The van der Waals surface area contributed by atoms with E-state index in [9.17, 15) is 14.4 Å². The molecule has 7 nitrogen and oxygen atoms in total. The van der Waals surface area contributed by atoms with Crippen LogP contribution in [0.4, 0.5) is 4.79 Å². The molecule has 34 heavy (non-hydrogen) atoms. The van der Waals surface area contributed by atoms with E-state index in [1.807, 2.05) is 65.8 Å². The molecule has 0 spiro atoms. The highest BCUT2D eigenvalue weighted by molar-refractivity contribution is 5.93. The number of hydrogen-bond acceptors (Lipinski definition) is 4. The third-order valence-electron chi connectivity index (χ3n) is 5.67. The van der Waals surface area contributed by atoms with Gasteiger partial charge in [0.15, 0.2) is 0 Å². The molecule has 1 fully saturated rings. The number of hydrogen-bond donors (Lipinski definition) is 2. The highest BCUT2D eigenvalue weighted by Crippen LogP contribution is 2.41. The maximum absolute atomic E-state index is 14.1. The van der Waals surface area contributed by atoms with E-state index in [-0.39, 0.29) is 29.7 Å². The Kier molecular flexibility index (Phi) is 8.43. The van der Waals surface area contributed by atoms with Crippen LogP contribution in [0.3, 0.4) is 0 Å². The van der Waals surface area contributed by atoms with Crippen LogP contribution < -0.4 is 10.6 Å². The van der Waals surface area contributed by atoms with E-state index in [1.54, 1.807) is 25.7 Å². The molecule has 0 bridgehead atoms. The number of carbonyl (C=O) groups excluding carboxylic acids is 3. The Bertz CT molecular complexity index is 898. The zero-order valence-electron chi connectivity index (χ0n) is 22.5. The summed E-state index contributed by atoms with van der Waals surface area (Å²) >= 11 is 0. The fourth-order valence-electron chi connectivity index (χ4n) is 4.00. The normalized spacial score (nSPS) is 19.7. The van der Waals surface area contributed by atoms with Crippen LogP contribution in [0.25, 0.3) is 0 Å². The van der Waals surface area contributed by atoms with E-state index in [4.69, 9.17) is 4.74 Å². The number of rotatable bonds is 7. The Morgan fingerprint density at radius 3 is 2.12 bits per heavy atom. The molecule has 7 heteroatoms. The van der Waals surface area contributed by atoms with Crippen molar-refractivity contribution in [1.82, 2.24) is 15.5 Å². The number of ether oxygens (including phenoxy) is 1. The molecule has 3 amide bonds. The molecule has 4 unspecified atom stereocenters. The van der Waals surface area contributed by atoms with Gasteiger partial charge in [-0.25, -0.2) is 4.79 Å². The summed E-state index contributed by atoms with van der Waals surface area (Å²) in [4.78, 5) is 42.0. The summed E-state index contributed by atoms with van der Waals surface area (Å²) < 4.78 is 5.42. The summed E-state index contributed by atoms with van der Waals surface area (Å²) in [6, 6.07) is 6.01. The van der Waals surface area contributed by atoms with E-state index >= 15 is 0 Å². The van der Waals surface area contributed by atoms with Crippen molar-refractivity contribution in [1.29, 1.82) is 0 Å². The van der Waals surface area contributed by atoms with Gasteiger partial charge in [0.25, 0.3) is 0 Å². The molecule has 190 valence electrons. The van der Waals surface area contributed by atoms with Crippen LogP contribution in [-0.2, 0) is 14.3 Å². The lowest BCUT2D eigenvalue weighted by Gasteiger charge is -2.37. The summed E-state index contributed by atoms with van der Waals surface area (Å²) in [5.41, 5.74) is 0.620. The largest absolute Gasteiger partial charge is 0.444 e. The maximum atomic E-state index is 14.1. The van der Waals surface area contributed by atoms with Gasteiger partial charge >= 0.3 is 6.09 Å². The molecule has 0 aliphatic heterocycles. The molecular weight excluding hydrogens is 430 g/mol. The fourth-order valence-corrected chi connectivity index (χ4v) is 4.00. The predicted octanol–water partition coefficient (Wildman–Crippen LogP) is 4.74. The number of benzene rings is 1. The summed E-state index contributed by atoms with van der Waals surface area (Å²) in [5, 5.41) is 5.84. The Balaban J connectivity index is 2.50. The Labute approximate surface area is 205 Å². The lowest BCUT2D eigenvalue weighted by Crippen LogP contribution is -2.56. The highest BCUT2D eigenvalue weighted by atomic mass is 16.6. The van der Waals surface area contributed by atoms with Crippen LogP contribution in [0.1, 0.15) is 85.9 Å². The lowest BCUT2D eigenvalue weighted by molar-refractivity contribution is -0.144. The minimum absolute atomic E-state index is 0.0783. The first-order valence-corrected chi connectivity index (χ1v) is 12.2. The third-order valence-corrected chi connectivity index (χ3v) is 5.67. The van der Waals surface area contributed by atoms with Crippen molar-refractivity contribution in [2.45, 2.75) is 105 Å². The first kappa shape index (κ1) is 27.7. The van der Waals surface area contributed by atoms with E-state index in [2.05, 4.69) is 17.6 Å². The number of nitrogens with zero attached hydrogens (tertiary/aromatic N) is 1. The Morgan fingerprint density at radius 2 is 1.68 bits per heavy atom. The number of amides is 3. The van der Waals surface area contributed by atoms with Gasteiger partial charge in [0, 0.05) is 11.6 Å². The second kappa shape index (κ2) is 10.4. The maximum Gasteiger partial charge on any atom is 0.408 e. The molecule has 1 saturated carbocycles. The van der Waals surface area contributed by atoms with Gasteiger partial charge in [0.05, 0.1) is 0 Å². The second-order valence-corrected chi connectivity index (χ2v) is 11.9. The van der Waals surface area contributed by atoms with Gasteiger partial charge < -0.3 is 20.3 Å². The minimum atomic E-state index is -0.822. The summed E-state index contributed by atoms with van der Waals surface area (Å²) in [7, 11) is 0. The van der Waals surface area contributed by atoms with Crippen molar-refractivity contribution in [3.63, 3.8) is 0 Å². The summed E-state index contributed by atoms with van der Waals surface area (Å²) in [6.07, 6.45) is 0.170. The number of aryl methyl sites for hydroxylation is 1. The van der Waals surface area contributed by atoms with E-state index in [1.165, 1.54) is 0 Å². The van der Waals surface area contributed by atoms with Crippen molar-refractivity contribution in [2.24, 2.45) is 11.8 Å². The van der Waals surface area contributed by atoms with Gasteiger partial charge in [0.1, 0.15) is 17.7 Å². The van der Waals surface area contributed by atoms with Crippen LogP contribution in [0.5, 0.6) is 0 Å². The zero-order valence-corrected chi connectivity index (χ0v) is 22.5. The molecule has 1 aromatic rings. The molecule has 0 aromatic heterocycles. The molecule has 0 saturated heterocycles. The van der Waals surface area contributed by atoms with Crippen LogP contribution in [-0.4, -0.2) is 46.0 Å². The monoisotopic (exact) mass is 473 g/mol. The molecule has 4 atom stereocenters. The molecule has 1 aliphatic rings. The second-order valence-electron chi connectivity index (χ2n) is 11.9. The SMILES string of the molecule is Cc1cccc(C(C(=O)NC(C)(C)C)N(C(=O)C(NC(=O)OC(C)(C)C)C(C)C)C2CC2C)c1. The van der Waals surface area contributed by atoms with Crippen molar-refractivity contribution in [2.75, 3.05) is 0 Å². The summed E-state index contributed by atoms with van der Waals surface area (Å²) in [5.74, 6) is -0.426. The lowest BCUT2D eigenvalue weighted by atomic mass is 9.96. The van der Waals surface area contributed by atoms with Crippen LogP contribution in [0.15, 0.2) is 24.3 Å². The van der Waals surface area contributed by atoms with E-state index in [0.29, 0.717) is 0 Å². The Morgan fingerprint density at radius 1 is 1.09 bits per heavy atom. The van der Waals surface area contributed by atoms with Gasteiger partial charge in [-0.05, 0) is 72.3 Å². The number of nitrogens with one attached hydrogen (secondary N) is 2. The van der Waals surface area contributed by atoms with Gasteiger partial charge in [-0.15, -0.1) is 0 Å². The third kappa shape index (κ3) is 7.74. The van der Waals surface area contributed by atoms with E-state index in [0.717, 1.165) is 17.5 Å². The topological polar surface area (TPSA) is 87.7 Å². The average Bonchev–Trinajstić information content (AvgIpc) is 3.36. The molecule has 0 radical (unpaired) electrons. The van der Waals surface area contributed by atoms with Crippen molar-refractivity contribution < 1.29 is 19.1 Å². The van der Waals surface area contributed by atoms with Gasteiger partial charge in [-0.3, -0.25) is 9.59 Å². The van der Waals surface area contributed by atoms with Gasteiger partial charge in [-0.2, -0.15) is 0 Å². The molecule has 0 heterocycles. The van der Waals surface area contributed by atoms with E-state index < -0.39 is 29.3 Å².